The van der Waals surface area contributed by atoms with E-state index in [4.69, 9.17) is 4.98 Å². The largest absolute Gasteiger partial charge is 0.295 e. The van der Waals surface area contributed by atoms with Gasteiger partial charge in [-0.2, -0.15) is 0 Å². The number of benzene rings is 1. The molecule has 2 heterocycles. The van der Waals surface area contributed by atoms with Gasteiger partial charge in [-0.15, -0.1) is 0 Å². The fraction of sp³-hybridized carbons (Fsp3) is 0.600. The second-order valence-electron chi connectivity index (χ2n) is 7.35. The van der Waals surface area contributed by atoms with E-state index in [-0.39, 0.29) is 17.1 Å². The molecule has 1 aliphatic rings. The lowest BCUT2D eigenvalue weighted by atomic mass is 9.97. The lowest BCUT2D eigenvalue weighted by Gasteiger charge is -2.37. The van der Waals surface area contributed by atoms with E-state index in [2.05, 4.69) is 34.7 Å². The summed E-state index contributed by atoms with van der Waals surface area (Å²) in [6.45, 7) is 8.92. The van der Waals surface area contributed by atoms with Crippen LogP contribution in [-0.4, -0.2) is 27.5 Å². The molecule has 0 aliphatic carbocycles. The summed E-state index contributed by atoms with van der Waals surface area (Å²) >= 11 is 3.28. The summed E-state index contributed by atoms with van der Waals surface area (Å²) in [7, 11) is 0. The number of hydrogen-bond acceptors (Lipinski definition) is 3. The number of halogens is 2. The molecule has 1 aliphatic heterocycles. The van der Waals surface area contributed by atoms with Crippen molar-refractivity contribution in [2.45, 2.75) is 59.0 Å². The van der Waals surface area contributed by atoms with E-state index in [9.17, 15) is 9.18 Å². The van der Waals surface area contributed by atoms with Crippen LogP contribution in [0, 0.1) is 11.7 Å². The molecule has 2 atom stereocenters. The summed E-state index contributed by atoms with van der Waals surface area (Å²) in [5.41, 5.74) is 0.0305. The van der Waals surface area contributed by atoms with Gasteiger partial charge in [0.2, 0.25) is 0 Å². The zero-order valence-corrected chi connectivity index (χ0v) is 17.4. The van der Waals surface area contributed by atoms with Gasteiger partial charge in [-0.05, 0) is 50.8 Å². The SMILES string of the molecule is CCC[C@@H](c1nc2c(F)cc(Br)cc2c(=O)n1CC)N1CCC[C@H](C)C1. The number of piperidine rings is 1. The second-order valence-corrected chi connectivity index (χ2v) is 8.27. The summed E-state index contributed by atoms with van der Waals surface area (Å²) in [6, 6.07) is 3.11. The Labute approximate surface area is 162 Å². The highest BCUT2D eigenvalue weighted by molar-refractivity contribution is 9.10. The van der Waals surface area contributed by atoms with Gasteiger partial charge in [-0.25, -0.2) is 9.37 Å². The molecule has 4 nitrogen and oxygen atoms in total. The van der Waals surface area contributed by atoms with Crippen molar-refractivity contribution in [3.8, 4) is 0 Å². The minimum atomic E-state index is -0.446. The van der Waals surface area contributed by atoms with Crippen LogP contribution < -0.4 is 5.56 Å². The molecule has 142 valence electrons. The van der Waals surface area contributed by atoms with Gasteiger partial charge in [0.15, 0.2) is 5.82 Å². The molecule has 1 saturated heterocycles. The fourth-order valence-electron chi connectivity index (χ4n) is 4.08. The van der Waals surface area contributed by atoms with E-state index in [1.165, 1.54) is 12.5 Å². The molecule has 1 fully saturated rings. The Bertz CT molecular complexity index is 851. The van der Waals surface area contributed by atoms with Crippen LogP contribution in [0.1, 0.15) is 58.3 Å². The lowest BCUT2D eigenvalue weighted by molar-refractivity contribution is 0.114. The highest BCUT2D eigenvalue weighted by atomic mass is 79.9. The highest BCUT2D eigenvalue weighted by Gasteiger charge is 2.28. The second kappa shape index (κ2) is 8.17. The van der Waals surface area contributed by atoms with Crippen molar-refractivity contribution in [3.63, 3.8) is 0 Å². The quantitative estimate of drug-likeness (QED) is 0.686. The average molecular weight is 424 g/mol. The number of aromatic nitrogens is 2. The molecule has 0 N–H and O–H groups in total. The van der Waals surface area contributed by atoms with Crippen LogP contribution in [0.3, 0.4) is 0 Å². The number of hydrogen-bond donors (Lipinski definition) is 0. The first-order chi connectivity index (χ1) is 12.5. The van der Waals surface area contributed by atoms with Gasteiger partial charge >= 0.3 is 0 Å². The molecule has 1 aromatic carbocycles. The minimum Gasteiger partial charge on any atom is -0.295 e. The van der Waals surface area contributed by atoms with Crippen molar-refractivity contribution in [1.82, 2.24) is 14.5 Å². The summed E-state index contributed by atoms with van der Waals surface area (Å²) in [6.07, 6.45) is 4.31. The molecule has 1 aromatic heterocycles. The van der Waals surface area contributed by atoms with E-state index >= 15 is 0 Å². The predicted octanol–water partition coefficient (Wildman–Crippen LogP) is 4.89. The topological polar surface area (TPSA) is 38.1 Å². The van der Waals surface area contributed by atoms with E-state index in [0.717, 1.165) is 32.4 Å². The molecule has 0 radical (unpaired) electrons. The third-order valence-corrected chi connectivity index (χ3v) is 5.77. The number of fused-ring (bicyclic) bond motifs is 1. The molecule has 2 aromatic rings. The Hall–Kier alpha value is -1.27. The first-order valence-corrected chi connectivity index (χ1v) is 10.4. The minimum absolute atomic E-state index is 0.0582. The smallest absolute Gasteiger partial charge is 0.261 e. The van der Waals surface area contributed by atoms with Crippen LogP contribution in [0.5, 0.6) is 0 Å². The Morgan fingerprint density at radius 1 is 1.38 bits per heavy atom. The Kier molecular flexibility index (Phi) is 6.13. The van der Waals surface area contributed by atoms with E-state index in [1.807, 2.05) is 6.92 Å². The summed E-state index contributed by atoms with van der Waals surface area (Å²) in [5.74, 6) is 0.901. The van der Waals surface area contributed by atoms with Gasteiger partial charge in [0.25, 0.3) is 5.56 Å². The van der Waals surface area contributed by atoms with Gasteiger partial charge in [-0.3, -0.25) is 14.3 Å². The van der Waals surface area contributed by atoms with Gasteiger partial charge in [0, 0.05) is 17.6 Å². The molecule has 0 bridgehead atoms. The standard InChI is InChI=1S/C20H27BrFN3O/c1-4-7-17(24-9-6-8-13(3)12-24)19-23-18-15(20(26)25(19)5-2)10-14(21)11-16(18)22/h10-11,13,17H,4-9,12H2,1-3H3/t13-,17-/m0/s1. The van der Waals surface area contributed by atoms with Crippen LogP contribution >= 0.6 is 15.9 Å². The predicted molar refractivity (Wildman–Crippen MR) is 107 cm³/mol. The number of rotatable bonds is 5. The van der Waals surface area contributed by atoms with Gasteiger partial charge in [-0.1, -0.05) is 36.2 Å². The van der Waals surface area contributed by atoms with Crippen LogP contribution in [0.2, 0.25) is 0 Å². The van der Waals surface area contributed by atoms with Crippen molar-refractivity contribution in [3.05, 3.63) is 38.6 Å². The average Bonchev–Trinajstić information content (AvgIpc) is 2.60. The molecule has 0 unspecified atom stereocenters. The molecule has 3 rings (SSSR count). The maximum Gasteiger partial charge on any atom is 0.261 e. The monoisotopic (exact) mass is 423 g/mol. The Balaban J connectivity index is 2.18. The zero-order valence-electron chi connectivity index (χ0n) is 15.8. The van der Waals surface area contributed by atoms with Crippen molar-refractivity contribution in [1.29, 1.82) is 0 Å². The number of nitrogens with zero attached hydrogens (tertiary/aromatic N) is 3. The molecule has 0 saturated carbocycles. The number of likely N-dealkylation sites (tertiary alicyclic amines) is 1. The van der Waals surface area contributed by atoms with Gasteiger partial charge in [0.05, 0.1) is 11.4 Å². The zero-order chi connectivity index (χ0) is 18.8. The molecule has 26 heavy (non-hydrogen) atoms. The van der Waals surface area contributed by atoms with Crippen molar-refractivity contribution in [2.24, 2.45) is 5.92 Å². The van der Waals surface area contributed by atoms with Gasteiger partial charge in [0.1, 0.15) is 11.3 Å². The normalized spacial score (nSPS) is 19.8. The third-order valence-electron chi connectivity index (χ3n) is 5.31. The van der Waals surface area contributed by atoms with Crippen molar-refractivity contribution < 1.29 is 4.39 Å². The van der Waals surface area contributed by atoms with E-state index < -0.39 is 5.82 Å². The van der Waals surface area contributed by atoms with Gasteiger partial charge < -0.3 is 0 Å². The maximum atomic E-state index is 14.5. The lowest BCUT2D eigenvalue weighted by Crippen LogP contribution is -2.40. The summed E-state index contributed by atoms with van der Waals surface area (Å²) in [4.78, 5) is 20.2. The Morgan fingerprint density at radius 2 is 2.15 bits per heavy atom. The van der Waals surface area contributed by atoms with Crippen LogP contribution in [-0.2, 0) is 6.54 Å². The molecular weight excluding hydrogens is 397 g/mol. The van der Waals surface area contributed by atoms with E-state index in [1.54, 1.807) is 10.6 Å². The third kappa shape index (κ3) is 3.72. The first-order valence-electron chi connectivity index (χ1n) is 9.59. The highest BCUT2D eigenvalue weighted by Crippen LogP contribution is 2.30. The van der Waals surface area contributed by atoms with Crippen molar-refractivity contribution in [2.75, 3.05) is 13.1 Å². The maximum absolute atomic E-state index is 14.5. The molecule has 0 amide bonds. The van der Waals surface area contributed by atoms with E-state index in [0.29, 0.717) is 28.1 Å². The summed E-state index contributed by atoms with van der Waals surface area (Å²) in [5, 5.41) is 0.338. The molecular formula is C20H27BrFN3O. The summed E-state index contributed by atoms with van der Waals surface area (Å²) < 4.78 is 16.8. The van der Waals surface area contributed by atoms with Crippen LogP contribution in [0.25, 0.3) is 10.9 Å². The molecule has 0 spiro atoms. The van der Waals surface area contributed by atoms with Crippen molar-refractivity contribution >= 4 is 26.8 Å². The molecule has 6 heteroatoms. The first kappa shape index (κ1) is 19.5. The Morgan fingerprint density at radius 3 is 2.81 bits per heavy atom. The fourth-order valence-corrected chi connectivity index (χ4v) is 4.51. The van der Waals surface area contributed by atoms with Crippen LogP contribution in [0.4, 0.5) is 4.39 Å². The van der Waals surface area contributed by atoms with Crippen LogP contribution in [0.15, 0.2) is 21.4 Å².